The predicted octanol–water partition coefficient (Wildman–Crippen LogP) is 1.82. The van der Waals surface area contributed by atoms with Gasteiger partial charge >= 0.3 is 5.97 Å². The third kappa shape index (κ3) is 2.79. The molecule has 0 aliphatic heterocycles. The Bertz CT molecular complexity index is 599. The molecule has 8 heteroatoms. The van der Waals surface area contributed by atoms with E-state index in [2.05, 4.69) is 25.6 Å². The molecule has 1 fully saturated rings. The van der Waals surface area contributed by atoms with Gasteiger partial charge in [-0.3, -0.25) is 4.79 Å². The van der Waals surface area contributed by atoms with Gasteiger partial charge in [-0.15, -0.1) is 0 Å². The molecule has 0 spiro atoms. The Hall–Kier alpha value is -2.25. The Labute approximate surface area is 120 Å². The fourth-order valence-electron chi connectivity index (χ4n) is 2.90. The van der Waals surface area contributed by atoms with E-state index < -0.39 is 11.4 Å². The molecule has 0 unspecified atom stereocenters. The van der Waals surface area contributed by atoms with Gasteiger partial charge in [0.05, 0.1) is 11.6 Å². The molecular formula is C13H17N5O3. The lowest BCUT2D eigenvalue weighted by molar-refractivity contribution is -0.150. The maximum absolute atomic E-state index is 11.8. The highest BCUT2D eigenvalue weighted by atomic mass is 16.5. The van der Waals surface area contributed by atoms with Crippen molar-refractivity contribution in [3.8, 4) is 11.5 Å². The van der Waals surface area contributed by atoms with Gasteiger partial charge in [0.15, 0.2) is 5.69 Å². The summed E-state index contributed by atoms with van der Waals surface area (Å²) in [5.41, 5.74) is -0.306. The third-order valence-electron chi connectivity index (χ3n) is 4.12. The molecule has 2 N–H and O–H groups in total. The van der Waals surface area contributed by atoms with E-state index in [1.54, 1.807) is 0 Å². The first-order valence-corrected chi connectivity index (χ1v) is 7.12. The first kappa shape index (κ1) is 13.7. The molecule has 3 rings (SSSR count). The van der Waals surface area contributed by atoms with Crippen LogP contribution in [0.4, 0.5) is 0 Å². The molecule has 2 heterocycles. The number of hydrogen-bond donors (Lipinski definition) is 2. The topological polar surface area (TPSA) is 118 Å². The fraction of sp³-hybridized carbons (Fsp3) is 0.615. The minimum Gasteiger partial charge on any atom is -0.481 e. The second kappa shape index (κ2) is 5.63. The first-order valence-electron chi connectivity index (χ1n) is 7.12. The summed E-state index contributed by atoms with van der Waals surface area (Å²) in [6.07, 6.45) is 7.10. The SMILES string of the molecule is O=C(O)C1(Cc2nc(-c3cn[nH]n3)no2)CCCCCC1. The Morgan fingerprint density at radius 1 is 1.33 bits per heavy atom. The van der Waals surface area contributed by atoms with Crippen molar-refractivity contribution in [1.29, 1.82) is 0 Å². The highest BCUT2D eigenvalue weighted by Gasteiger charge is 2.40. The minimum atomic E-state index is -0.788. The van der Waals surface area contributed by atoms with Crippen LogP contribution in [-0.2, 0) is 11.2 Å². The zero-order valence-electron chi connectivity index (χ0n) is 11.6. The summed E-state index contributed by atoms with van der Waals surface area (Å²) in [6.45, 7) is 0. The summed E-state index contributed by atoms with van der Waals surface area (Å²) < 4.78 is 5.20. The number of carboxylic acids is 1. The molecular weight excluding hydrogens is 274 g/mol. The van der Waals surface area contributed by atoms with Crippen molar-refractivity contribution in [1.82, 2.24) is 25.6 Å². The van der Waals surface area contributed by atoms with Crippen molar-refractivity contribution in [2.45, 2.75) is 44.9 Å². The summed E-state index contributed by atoms with van der Waals surface area (Å²) in [7, 11) is 0. The van der Waals surface area contributed by atoms with Crippen LogP contribution in [0.3, 0.4) is 0 Å². The lowest BCUT2D eigenvalue weighted by Gasteiger charge is -2.26. The van der Waals surface area contributed by atoms with E-state index in [1.165, 1.54) is 6.20 Å². The summed E-state index contributed by atoms with van der Waals surface area (Å²) in [6, 6.07) is 0. The molecule has 0 amide bonds. The van der Waals surface area contributed by atoms with Gasteiger partial charge in [-0.2, -0.15) is 20.4 Å². The quantitative estimate of drug-likeness (QED) is 0.825. The zero-order chi connectivity index (χ0) is 14.7. The Morgan fingerprint density at radius 3 is 2.71 bits per heavy atom. The molecule has 21 heavy (non-hydrogen) atoms. The first-order chi connectivity index (χ1) is 10.2. The van der Waals surface area contributed by atoms with Gasteiger partial charge in [-0.1, -0.05) is 30.8 Å². The molecule has 0 atom stereocenters. The Kier molecular flexibility index (Phi) is 3.68. The van der Waals surface area contributed by atoms with Gasteiger partial charge in [0, 0.05) is 6.42 Å². The molecule has 2 aromatic heterocycles. The van der Waals surface area contributed by atoms with Crippen molar-refractivity contribution in [3.63, 3.8) is 0 Å². The summed E-state index contributed by atoms with van der Waals surface area (Å²) in [4.78, 5) is 16.0. The predicted molar refractivity (Wildman–Crippen MR) is 71.1 cm³/mol. The highest BCUT2D eigenvalue weighted by molar-refractivity contribution is 5.75. The smallest absolute Gasteiger partial charge is 0.310 e. The second-order valence-corrected chi connectivity index (χ2v) is 5.54. The molecule has 0 bridgehead atoms. The van der Waals surface area contributed by atoms with Crippen LogP contribution >= 0.6 is 0 Å². The number of H-pyrrole nitrogens is 1. The number of hydrogen-bond acceptors (Lipinski definition) is 6. The van der Waals surface area contributed by atoms with Gasteiger partial charge in [-0.05, 0) is 12.8 Å². The number of aliphatic carboxylic acids is 1. The minimum absolute atomic E-state index is 0.271. The molecule has 112 valence electrons. The van der Waals surface area contributed by atoms with Gasteiger partial charge < -0.3 is 9.63 Å². The van der Waals surface area contributed by atoms with Crippen LogP contribution < -0.4 is 0 Å². The maximum Gasteiger partial charge on any atom is 0.310 e. The van der Waals surface area contributed by atoms with Crippen LogP contribution in [0.15, 0.2) is 10.7 Å². The summed E-state index contributed by atoms with van der Waals surface area (Å²) >= 11 is 0. The van der Waals surface area contributed by atoms with Crippen molar-refractivity contribution >= 4 is 5.97 Å². The van der Waals surface area contributed by atoms with Crippen LogP contribution in [0.1, 0.15) is 44.4 Å². The van der Waals surface area contributed by atoms with Gasteiger partial charge in [-0.25, -0.2) is 0 Å². The third-order valence-corrected chi connectivity index (χ3v) is 4.12. The van der Waals surface area contributed by atoms with Gasteiger partial charge in [0.2, 0.25) is 11.7 Å². The van der Waals surface area contributed by atoms with E-state index in [4.69, 9.17) is 4.52 Å². The number of nitrogens with zero attached hydrogens (tertiary/aromatic N) is 4. The van der Waals surface area contributed by atoms with Crippen LogP contribution in [-0.4, -0.2) is 36.6 Å². The number of carboxylic acid groups (broad SMARTS) is 1. The van der Waals surface area contributed by atoms with Crippen molar-refractivity contribution < 1.29 is 14.4 Å². The lowest BCUT2D eigenvalue weighted by Crippen LogP contribution is -2.33. The van der Waals surface area contributed by atoms with Crippen LogP contribution in [0.5, 0.6) is 0 Å². The molecule has 0 aromatic carbocycles. The number of carbonyl (C=O) groups is 1. The van der Waals surface area contributed by atoms with E-state index in [1.807, 2.05) is 0 Å². The van der Waals surface area contributed by atoms with Gasteiger partial charge in [0.25, 0.3) is 0 Å². The van der Waals surface area contributed by atoms with E-state index >= 15 is 0 Å². The van der Waals surface area contributed by atoms with E-state index in [9.17, 15) is 9.90 Å². The summed E-state index contributed by atoms with van der Waals surface area (Å²) in [5.74, 6) is -0.101. The molecule has 1 aliphatic rings. The molecule has 0 radical (unpaired) electrons. The molecule has 8 nitrogen and oxygen atoms in total. The van der Waals surface area contributed by atoms with Crippen molar-refractivity contribution in [2.24, 2.45) is 5.41 Å². The van der Waals surface area contributed by atoms with Crippen molar-refractivity contribution in [2.75, 3.05) is 0 Å². The van der Waals surface area contributed by atoms with Crippen LogP contribution in [0, 0.1) is 5.41 Å². The van der Waals surface area contributed by atoms with Crippen LogP contribution in [0.2, 0.25) is 0 Å². The van der Waals surface area contributed by atoms with E-state index in [0.717, 1.165) is 25.7 Å². The largest absolute Gasteiger partial charge is 0.481 e. The Balaban J connectivity index is 1.81. The average Bonchev–Trinajstić information content (AvgIpc) is 3.07. The molecule has 0 saturated heterocycles. The van der Waals surface area contributed by atoms with Gasteiger partial charge in [0.1, 0.15) is 0 Å². The molecule has 1 saturated carbocycles. The zero-order valence-corrected chi connectivity index (χ0v) is 11.6. The number of aromatic amines is 1. The monoisotopic (exact) mass is 291 g/mol. The Morgan fingerprint density at radius 2 is 2.10 bits per heavy atom. The number of rotatable bonds is 4. The molecule has 1 aliphatic carbocycles. The normalized spacial score (nSPS) is 18.3. The van der Waals surface area contributed by atoms with Crippen LogP contribution in [0.25, 0.3) is 11.5 Å². The summed E-state index contributed by atoms with van der Waals surface area (Å²) in [5, 5.41) is 23.5. The highest BCUT2D eigenvalue weighted by Crippen LogP contribution is 2.38. The maximum atomic E-state index is 11.8. The lowest BCUT2D eigenvalue weighted by atomic mass is 9.77. The standard InChI is InChI=1S/C13H17N5O3/c19-12(20)13(5-3-1-2-4-6-13)7-10-15-11(17-21-10)9-8-14-18-16-9/h8H,1-7H2,(H,19,20)(H,14,16,18). The average molecular weight is 291 g/mol. The second-order valence-electron chi connectivity index (χ2n) is 5.54. The van der Waals surface area contributed by atoms with E-state index in [-0.39, 0.29) is 6.42 Å². The van der Waals surface area contributed by atoms with E-state index in [0.29, 0.717) is 30.3 Å². The number of aromatic nitrogens is 5. The number of nitrogens with one attached hydrogen (secondary N) is 1. The molecule has 2 aromatic rings. The fourth-order valence-corrected chi connectivity index (χ4v) is 2.90. The van der Waals surface area contributed by atoms with Crippen molar-refractivity contribution in [3.05, 3.63) is 12.1 Å².